The minimum Gasteiger partial charge on any atom is -0.481 e. The van der Waals surface area contributed by atoms with E-state index in [1.807, 2.05) is 93.4 Å². The molecule has 6 saturated heterocycles. The molecule has 24 nitrogen and oxygen atoms in total. The SMILES string of the molecule is C/C(=N\OCC(=O)O)c1nc2ccccc2n(C2CC3CCCC(C2)N3C2CC3CCCCC(C3)C2)c1=O.CCC1CC2CC(C1)CC(N1C3CCCC1CC(n1c(=O)c(/C(CCC(=O)O)=N/OC)nc4ccccc41)C3)C2.CCO/N=C(\CCC(=O)O)c1nc2ccccc2n(C2CC3CCCC(C2)N3C2CC3CC(CC)CC(C3)C2)c1=O. The lowest BCUT2D eigenvalue weighted by molar-refractivity contribution is -0.142. The Labute approximate surface area is 700 Å². The van der Waals surface area contributed by atoms with Crippen LogP contribution in [0.5, 0.6) is 0 Å². The number of rotatable bonds is 23. The Morgan fingerprint density at radius 2 is 0.706 bits per heavy atom. The molecule has 12 fully saturated rings. The fraction of sp³-hybridized carbons (Fsp3) is 0.684. The fourth-order valence-electron chi connectivity index (χ4n) is 26.3. The van der Waals surface area contributed by atoms with Crippen molar-refractivity contribution in [3.63, 3.8) is 0 Å². The molecule has 12 atom stereocenters. The molecule has 12 aliphatic rings. The van der Waals surface area contributed by atoms with E-state index in [1.165, 1.54) is 187 Å². The van der Waals surface area contributed by atoms with E-state index in [-0.39, 0.29) is 77.6 Å². The molecule has 6 saturated carbocycles. The van der Waals surface area contributed by atoms with Gasteiger partial charge < -0.3 is 43.5 Å². The summed E-state index contributed by atoms with van der Waals surface area (Å²) in [6.07, 6.45) is 43.3. The number of para-hydroxylation sites is 6. The van der Waals surface area contributed by atoms with Crippen LogP contribution in [0.3, 0.4) is 0 Å². The lowest BCUT2D eigenvalue weighted by Crippen LogP contribution is -2.59. The molecule has 3 aromatic carbocycles. The number of fused-ring (bicyclic) bond motifs is 15. The second-order valence-corrected chi connectivity index (χ2v) is 38.2. The van der Waals surface area contributed by atoms with Gasteiger partial charge in [0.25, 0.3) is 16.7 Å². The maximum absolute atomic E-state index is 14.2. The molecule has 24 heteroatoms. The molecule has 0 spiro atoms. The highest BCUT2D eigenvalue weighted by molar-refractivity contribution is 6.02. The highest BCUT2D eigenvalue weighted by atomic mass is 16.6. The van der Waals surface area contributed by atoms with Crippen LogP contribution in [-0.2, 0) is 28.9 Å². The lowest BCUT2D eigenvalue weighted by Gasteiger charge is -2.56. The van der Waals surface area contributed by atoms with Crippen molar-refractivity contribution in [2.75, 3.05) is 20.3 Å². The van der Waals surface area contributed by atoms with E-state index in [1.54, 1.807) is 6.92 Å². The molecule has 6 aliphatic carbocycles. The van der Waals surface area contributed by atoms with Gasteiger partial charge in [0.2, 0.25) is 6.61 Å². The molecule has 6 aliphatic heterocycles. The van der Waals surface area contributed by atoms with Crippen molar-refractivity contribution in [3.05, 3.63) is 121 Å². The fourth-order valence-corrected chi connectivity index (χ4v) is 26.3. The second-order valence-electron chi connectivity index (χ2n) is 38.2. The molecule has 0 radical (unpaired) electrons. The summed E-state index contributed by atoms with van der Waals surface area (Å²) in [5.74, 6) is 4.22. The summed E-state index contributed by atoms with van der Waals surface area (Å²) in [5, 5.41) is 39.6. The molecule has 12 unspecified atom stereocenters. The minimum atomic E-state index is -1.11. The number of carboxylic acids is 3. The monoisotopic (exact) mass is 1630 g/mol. The van der Waals surface area contributed by atoms with E-state index in [9.17, 15) is 39.0 Å². The van der Waals surface area contributed by atoms with Crippen molar-refractivity contribution in [1.29, 1.82) is 0 Å². The van der Waals surface area contributed by atoms with Gasteiger partial charge in [0.15, 0.2) is 17.1 Å². The van der Waals surface area contributed by atoms with Gasteiger partial charge >= 0.3 is 17.9 Å². The standard InChI is InChI=1S/C33H46N4O4.C32H44N4O4.C30H40N4O4/c1-3-21-14-22-16-23(15-21)18-26(17-22)36-24-8-7-9-25(36)20-27(19-24)37-30-11-6-5-10-28(30)34-32(33(37)40)29(35-41-4-2)12-13-31(38)39;1-3-20-13-21-15-22(14-20)17-25(16-21)35-23-7-6-8-24(35)19-26(18-23)36-29-10-5-4-9-27(29)33-31(32(36)39)28(34-40-2)11-12-30(37)38;1-19(32-38-18-28(35)36)29-30(37)34(27-12-5-4-11-26(27)31-29)25-16-22-9-6-10-23(17-25)33(22)24-14-20-7-2-3-8-21(13-20)15-24/h5-6,10-11,21-27H,3-4,7-9,12-20H2,1-2H3,(H,38,39);4-5,9-10,20-26H,3,6-8,11-19H2,1-2H3,(H,37,38);4-5,11-12,20-25H,2-3,6-10,13-18H2,1H3,(H,35,36)/b35-29+;34-28+;32-19+. The van der Waals surface area contributed by atoms with Gasteiger partial charge in [0, 0.05) is 85.3 Å². The van der Waals surface area contributed by atoms with Gasteiger partial charge in [-0.05, 0) is 258 Å². The van der Waals surface area contributed by atoms with E-state index in [0.717, 1.165) is 119 Å². The average Bonchev–Trinajstić information content (AvgIpc) is 0.850. The molecule has 3 N–H and O–H groups in total. The third-order valence-corrected chi connectivity index (χ3v) is 30.6. The summed E-state index contributed by atoms with van der Waals surface area (Å²) < 4.78 is 5.91. The first-order chi connectivity index (χ1) is 57.9. The van der Waals surface area contributed by atoms with Gasteiger partial charge in [0.05, 0.1) is 45.9 Å². The summed E-state index contributed by atoms with van der Waals surface area (Å²) in [6, 6.07) is 28.9. The predicted octanol–water partition coefficient (Wildman–Crippen LogP) is 17.1. The third-order valence-electron chi connectivity index (χ3n) is 30.6. The zero-order valence-electron chi connectivity index (χ0n) is 71.1. The first kappa shape index (κ1) is 84.4. The van der Waals surface area contributed by atoms with Crippen molar-refractivity contribution in [3.8, 4) is 0 Å². The van der Waals surface area contributed by atoms with Gasteiger partial charge in [-0.2, -0.15) is 0 Å². The van der Waals surface area contributed by atoms with Crippen LogP contribution in [0.2, 0.25) is 0 Å². The van der Waals surface area contributed by atoms with Crippen molar-refractivity contribution in [1.82, 2.24) is 43.4 Å². The largest absolute Gasteiger partial charge is 0.481 e. The van der Waals surface area contributed by atoms with Crippen molar-refractivity contribution < 1.29 is 44.2 Å². The van der Waals surface area contributed by atoms with Crippen LogP contribution >= 0.6 is 0 Å². The Balaban J connectivity index is 0.000000133. The van der Waals surface area contributed by atoms with Crippen LogP contribution in [-0.4, -0.2) is 168 Å². The number of hydrogen-bond donors (Lipinski definition) is 3. The number of piperidine rings is 6. The summed E-state index contributed by atoms with van der Waals surface area (Å²) in [4.78, 5) is 114. The van der Waals surface area contributed by atoms with Crippen molar-refractivity contribution in [2.45, 2.75) is 344 Å². The van der Waals surface area contributed by atoms with Gasteiger partial charge in [-0.3, -0.25) is 38.7 Å². The zero-order valence-corrected chi connectivity index (χ0v) is 71.1. The van der Waals surface area contributed by atoms with Crippen LogP contribution in [0.1, 0.15) is 307 Å². The van der Waals surface area contributed by atoms with Crippen LogP contribution in [0.15, 0.2) is 103 Å². The van der Waals surface area contributed by atoms with Gasteiger partial charge in [0.1, 0.15) is 30.9 Å². The molecule has 12 bridgehead atoms. The number of aliphatic carboxylic acids is 3. The summed E-state index contributed by atoms with van der Waals surface area (Å²) in [5.41, 5.74) is 5.83. The Hall–Kier alpha value is -8.22. The Kier molecular flexibility index (Phi) is 27.0. The first-order valence-corrected chi connectivity index (χ1v) is 46.3. The number of aromatic nitrogens is 6. The lowest BCUT2D eigenvalue weighted by atomic mass is 9.64. The number of oxime groups is 3. The van der Waals surface area contributed by atoms with Gasteiger partial charge in [-0.1, -0.05) is 124 Å². The summed E-state index contributed by atoms with van der Waals surface area (Å²) >= 11 is 0. The summed E-state index contributed by atoms with van der Waals surface area (Å²) in [6.45, 7) is 7.99. The number of nitrogens with zero attached hydrogens (tertiary/aromatic N) is 12. The highest BCUT2D eigenvalue weighted by Crippen LogP contribution is 2.53. The molecule has 18 rings (SSSR count). The maximum Gasteiger partial charge on any atom is 0.344 e. The molecule has 3 aromatic heterocycles. The second kappa shape index (κ2) is 38.0. The minimum absolute atomic E-state index is 0.0843. The smallest absolute Gasteiger partial charge is 0.344 e. The Bertz CT molecular complexity index is 4800. The van der Waals surface area contributed by atoms with Crippen molar-refractivity contribution >= 4 is 68.1 Å². The maximum atomic E-state index is 14.2. The van der Waals surface area contributed by atoms with Crippen LogP contribution in [0.4, 0.5) is 0 Å². The molecule has 642 valence electrons. The van der Waals surface area contributed by atoms with E-state index in [0.29, 0.717) is 78.1 Å². The quantitative estimate of drug-likeness (QED) is 0.0397. The number of carboxylic acid groups (broad SMARTS) is 3. The number of benzene rings is 3. The van der Waals surface area contributed by atoms with Crippen LogP contribution in [0, 0.1) is 47.3 Å². The molecular formula is C95H130N12O12. The average molecular weight is 1630 g/mol. The normalized spacial score (nSPS) is 32.3. The van der Waals surface area contributed by atoms with E-state index in [4.69, 9.17) is 24.6 Å². The first-order valence-electron chi connectivity index (χ1n) is 46.3. The molecule has 119 heavy (non-hydrogen) atoms. The molecule has 6 aromatic rings. The van der Waals surface area contributed by atoms with E-state index < -0.39 is 24.5 Å². The van der Waals surface area contributed by atoms with E-state index in [2.05, 4.69) is 54.0 Å². The van der Waals surface area contributed by atoms with Crippen LogP contribution in [0.25, 0.3) is 33.1 Å². The Morgan fingerprint density at radius 1 is 0.370 bits per heavy atom. The molecule has 0 amide bonds. The number of carbonyl (C=O) groups is 3. The zero-order chi connectivity index (χ0) is 82.5. The van der Waals surface area contributed by atoms with E-state index >= 15 is 0 Å². The number of hydrogen-bond acceptors (Lipinski definition) is 18. The predicted molar refractivity (Wildman–Crippen MR) is 462 cm³/mol. The topological polar surface area (TPSA) is 291 Å². The van der Waals surface area contributed by atoms with Gasteiger partial charge in [-0.15, -0.1) is 0 Å². The van der Waals surface area contributed by atoms with Crippen LogP contribution < -0.4 is 16.7 Å². The third kappa shape index (κ3) is 18.8. The van der Waals surface area contributed by atoms with Crippen molar-refractivity contribution in [2.24, 2.45) is 62.8 Å². The summed E-state index contributed by atoms with van der Waals surface area (Å²) in [7, 11) is 1.42. The molecular weight excluding hydrogens is 1500 g/mol. The Morgan fingerprint density at radius 3 is 1.05 bits per heavy atom. The molecule has 9 heterocycles. The highest BCUT2D eigenvalue weighted by Gasteiger charge is 2.50. The van der Waals surface area contributed by atoms with Gasteiger partial charge in [-0.25, -0.2) is 19.7 Å².